The van der Waals surface area contributed by atoms with Gasteiger partial charge in [-0.3, -0.25) is 9.59 Å². The van der Waals surface area contributed by atoms with Crippen LogP contribution in [0.4, 0.5) is 0 Å². The zero-order valence-electron chi connectivity index (χ0n) is 8.73. The van der Waals surface area contributed by atoms with Crippen LogP contribution in [0, 0.1) is 5.92 Å². The second-order valence-electron chi connectivity index (χ2n) is 3.54. The molecule has 0 spiro atoms. The van der Waals surface area contributed by atoms with Gasteiger partial charge in [0.1, 0.15) is 5.76 Å². The number of carbonyl (C=O) groups is 3. The molecule has 1 saturated carbocycles. The third-order valence-corrected chi connectivity index (χ3v) is 2.47. The van der Waals surface area contributed by atoms with Gasteiger partial charge in [-0.05, 0) is 0 Å². The summed E-state index contributed by atoms with van der Waals surface area (Å²) in [6, 6.07) is 0. The van der Waals surface area contributed by atoms with Crippen molar-refractivity contribution in [1.29, 1.82) is 0 Å². The van der Waals surface area contributed by atoms with E-state index in [-0.39, 0.29) is 30.6 Å². The summed E-state index contributed by atoms with van der Waals surface area (Å²) in [5.41, 5.74) is -0.232. The van der Waals surface area contributed by atoms with Gasteiger partial charge >= 0.3 is 5.97 Å². The number of aliphatic hydroxyl groups is 1. The third kappa shape index (κ3) is 2.27. The predicted octanol–water partition coefficient (Wildman–Crippen LogP) is 0.773. The van der Waals surface area contributed by atoms with Crippen LogP contribution in [0.3, 0.4) is 0 Å². The summed E-state index contributed by atoms with van der Waals surface area (Å²) in [5, 5.41) is 17.5. The van der Waals surface area contributed by atoms with Crippen LogP contribution in [0.5, 0.6) is 0 Å². The molecule has 88 valence electrons. The normalized spacial score (nSPS) is 20.9. The van der Waals surface area contributed by atoms with Crippen molar-refractivity contribution in [2.45, 2.75) is 26.2 Å². The van der Waals surface area contributed by atoms with Crippen LogP contribution >= 0.6 is 0 Å². The summed E-state index contributed by atoms with van der Waals surface area (Å²) in [4.78, 5) is 37.5. The van der Waals surface area contributed by atoms with Crippen LogP contribution < -0.4 is 0 Å². The van der Waals surface area contributed by atoms with E-state index in [1.807, 2.05) is 0 Å². The molecular formula is C10H12O6. The largest absolute Gasteiger partial charge is 0.511 e. The zero-order chi connectivity index (χ0) is 12.3. The Labute approximate surface area is 91.4 Å². The highest BCUT2D eigenvalue weighted by Crippen LogP contribution is 2.25. The molecule has 1 fully saturated rings. The van der Waals surface area contributed by atoms with Crippen molar-refractivity contribution in [1.82, 2.24) is 0 Å². The first kappa shape index (κ1) is 12.4. The average molecular weight is 228 g/mol. The highest BCUT2D eigenvalue weighted by molar-refractivity contribution is 6.23. The first-order chi connectivity index (χ1) is 7.51. The Kier molecular flexibility index (Phi) is 3.78. The molecule has 6 heteroatoms. The minimum absolute atomic E-state index is 0.182. The van der Waals surface area contributed by atoms with Crippen molar-refractivity contribution >= 4 is 17.5 Å². The highest BCUT2D eigenvalue weighted by atomic mass is 17.1. The van der Waals surface area contributed by atoms with Gasteiger partial charge in [0.15, 0.2) is 11.6 Å². The maximum atomic E-state index is 11.5. The van der Waals surface area contributed by atoms with Gasteiger partial charge in [-0.1, -0.05) is 6.92 Å². The van der Waals surface area contributed by atoms with E-state index in [9.17, 15) is 19.5 Å². The van der Waals surface area contributed by atoms with Crippen LogP contribution in [0.1, 0.15) is 26.2 Å². The quantitative estimate of drug-likeness (QED) is 0.238. The van der Waals surface area contributed by atoms with Gasteiger partial charge in [0.05, 0.1) is 11.5 Å². The summed E-state index contributed by atoms with van der Waals surface area (Å²) in [6.07, 6.45) is -0.281. The van der Waals surface area contributed by atoms with Crippen molar-refractivity contribution in [3.63, 3.8) is 0 Å². The number of carbonyl (C=O) groups excluding carboxylic acids is 3. The van der Waals surface area contributed by atoms with Gasteiger partial charge in [-0.15, -0.1) is 0 Å². The van der Waals surface area contributed by atoms with Crippen molar-refractivity contribution in [3.05, 3.63) is 11.3 Å². The van der Waals surface area contributed by atoms with Crippen LogP contribution in [-0.2, 0) is 19.3 Å². The Balaban J connectivity index is 2.92. The molecule has 1 rings (SSSR count). The first-order valence-corrected chi connectivity index (χ1v) is 4.85. The summed E-state index contributed by atoms with van der Waals surface area (Å²) in [5.74, 6) is -3.40. The molecule has 0 saturated heterocycles. The van der Waals surface area contributed by atoms with E-state index < -0.39 is 23.5 Å². The van der Waals surface area contributed by atoms with E-state index in [2.05, 4.69) is 4.89 Å². The van der Waals surface area contributed by atoms with Crippen LogP contribution in [0.25, 0.3) is 0 Å². The van der Waals surface area contributed by atoms with Gasteiger partial charge in [0.25, 0.3) is 0 Å². The Bertz CT molecular complexity index is 348. The van der Waals surface area contributed by atoms with Gasteiger partial charge in [-0.2, -0.15) is 5.26 Å². The standard InChI is InChI=1S/C10H12O6/c1-2-6(11)9-7(12)3-5(4-8(9)13)10(14)16-15/h5,11,15H,2-4H2,1H3. The monoisotopic (exact) mass is 228 g/mol. The number of aliphatic hydroxyl groups excluding tert-OH is 1. The second-order valence-corrected chi connectivity index (χ2v) is 3.54. The number of Topliss-reactive ketones (excluding diaryl/α,β-unsaturated/α-hetero) is 2. The summed E-state index contributed by atoms with van der Waals surface area (Å²) >= 11 is 0. The Hall–Kier alpha value is -1.69. The van der Waals surface area contributed by atoms with Crippen molar-refractivity contribution in [3.8, 4) is 0 Å². The highest BCUT2D eigenvalue weighted by Gasteiger charge is 2.37. The van der Waals surface area contributed by atoms with Crippen LogP contribution in [-0.4, -0.2) is 27.9 Å². The van der Waals surface area contributed by atoms with E-state index in [4.69, 9.17) is 5.26 Å². The maximum Gasteiger partial charge on any atom is 0.346 e. The van der Waals surface area contributed by atoms with E-state index in [0.29, 0.717) is 0 Å². The number of hydrogen-bond acceptors (Lipinski definition) is 6. The van der Waals surface area contributed by atoms with E-state index >= 15 is 0 Å². The number of allylic oxidation sites excluding steroid dienone is 2. The predicted molar refractivity (Wildman–Crippen MR) is 51.4 cm³/mol. The lowest BCUT2D eigenvalue weighted by Crippen LogP contribution is -2.32. The SMILES string of the molecule is CCC(O)=C1C(=O)CC(C(=O)OO)CC1=O. The molecule has 6 nitrogen and oxygen atoms in total. The minimum Gasteiger partial charge on any atom is -0.511 e. The van der Waals surface area contributed by atoms with Crippen molar-refractivity contribution in [2.24, 2.45) is 5.92 Å². The molecule has 0 amide bonds. The second kappa shape index (κ2) is 4.89. The lowest BCUT2D eigenvalue weighted by Gasteiger charge is -2.19. The first-order valence-electron chi connectivity index (χ1n) is 4.85. The third-order valence-electron chi connectivity index (χ3n) is 2.47. The number of rotatable bonds is 2. The van der Waals surface area contributed by atoms with E-state index in [1.165, 1.54) is 0 Å². The smallest absolute Gasteiger partial charge is 0.346 e. The molecule has 0 aromatic rings. The molecule has 0 aromatic heterocycles. The molecular weight excluding hydrogens is 216 g/mol. The van der Waals surface area contributed by atoms with Gasteiger partial charge < -0.3 is 9.99 Å². The minimum atomic E-state index is -1.00. The Morgan fingerprint density at radius 2 is 1.88 bits per heavy atom. The molecule has 0 aromatic carbocycles. The summed E-state index contributed by atoms with van der Waals surface area (Å²) in [6.45, 7) is 1.61. The molecule has 0 heterocycles. The molecule has 0 radical (unpaired) electrons. The molecule has 0 aliphatic heterocycles. The molecule has 0 bridgehead atoms. The Morgan fingerprint density at radius 1 is 1.38 bits per heavy atom. The van der Waals surface area contributed by atoms with E-state index in [1.54, 1.807) is 6.92 Å². The molecule has 1 aliphatic carbocycles. The van der Waals surface area contributed by atoms with Crippen LogP contribution in [0.2, 0.25) is 0 Å². The molecule has 0 unspecified atom stereocenters. The van der Waals surface area contributed by atoms with Gasteiger partial charge in [-0.25, -0.2) is 4.79 Å². The van der Waals surface area contributed by atoms with Gasteiger partial charge in [0.2, 0.25) is 0 Å². The Morgan fingerprint density at radius 3 is 2.25 bits per heavy atom. The van der Waals surface area contributed by atoms with Crippen molar-refractivity contribution in [2.75, 3.05) is 0 Å². The van der Waals surface area contributed by atoms with E-state index in [0.717, 1.165) is 0 Å². The molecule has 16 heavy (non-hydrogen) atoms. The summed E-state index contributed by atoms with van der Waals surface area (Å²) in [7, 11) is 0. The van der Waals surface area contributed by atoms with Crippen molar-refractivity contribution < 1.29 is 29.6 Å². The fourth-order valence-electron chi connectivity index (χ4n) is 1.62. The summed E-state index contributed by atoms with van der Waals surface area (Å²) < 4.78 is 0. The number of hydrogen-bond donors (Lipinski definition) is 2. The fourth-order valence-corrected chi connectivity index (χ4v) is 1.62. The fraction of sp³-hybridized carbons (Fsp3) is 0.500. The molecule has 0 atom stereocenters. The topological polar surface area (TPSA) is 101 Å². The maximum absolute atomic E-state index is 11.5. The molecule has 1 aliphatic rings. The molecule has 2 N–H and O–H groups in total. The van der Waals surface area contributed by atoms with Crippen LogP contribution in [0.15, 0.2) is 11.3 Å². The number of ketones is 2. The lowest BCUT2D eigenvalue weighted by molar-refractivity contribution is -0.239. The van der Waals surface area contributed by atoms with Gasteiger partial charge in [0, 0.05) is 19.3 Å². The lowest BCUT2D eigenvalue weighted by atomic mass is 9.83. The zero-order valence-corrected chi connectivity index (χ0v) is 8.73. The average Bonchev–Trinajstić information content (AvgIpc) is 2.26.